The standard InChI is InChI=1S/C16H33N3O/c1-2-3-7-12-18-15-9-13-19(14-10-15)16(20)8-5-4-6-11-17/h15,18H,2-14,17H2,1H3. The smallest absolute Gasteiger partial charge is 0.222 e. The maximum absolute atomic E-state index is 12.0. The molecule has 0 atom stereocenters. The van der Waals surface area contributed by atoms with Gasteiger partial charge in [-0.2, -0.15) is 0 Å². The quantitative estimate of drug-likeness (QED) is 0.605. The molecule has 1 heterocycles. The Labute approximate surface area is 124 Å². The van der Waals surface area contributed by atoms with Crippen LogP contribution in [0.25, 0.3) is 0 Å². The Kier molecular flexibility index (Phi) is 9.67. The zero-order valence-corrected chi connectivity index (χ0v) is 13.2. The van der Waals surface area contributed by atoms with Crippen LogP contribution in [0.3, 0.4) is 0 Å². The van der Waals surface area contributed by atoms with Gasteiger partial charge in [0.15, 0.2) is 0 Å². The SMILES string of the molecule is CCCCCNC1CCN(C(=O)CCCCCN)CC1. The van der Waals surface area contributed by atoms with Crippen LogP contribution in [0.1, 0.15) is 64.7 Å². The number of unbranched alkanes of at least 4 members (excludes halogenated alkanes) is 4. The summed E-state index contributed by atoms with van der Waals surface area (Å²) in [4.78, 5) is 14.1. The number of hydrogen-bond donors (Lipinski definition) is 2. The average Bonchev–Trinajstić information content (AvgIpc) is 2.48. The van der Waals surface area contributed by atoms with E-state index < -0.39 is 0 Å². The number of nitrogens with two attached hydrogens (primary N) is 1. The number of nitrogens with zero attached hydrogens (tertiary/aromatic N) is 1. The summed E-state index contributed by atoms with van der Waals surface area (Å²) in [6.45, 7) is 5.97. The lowest BCUT2D eigenvalue weighted by Crippen LogP contribution is -2.45. The van der Waals surface area contributed by atoms with E-state index in [1.54, 1.807) is 0 Å². The van der Waals surface area contributed by atoms with E-state index in [-0.39, 0.29) is 0 Å². The second kappa shape index (κ2) is 11.1. The van der Waals surface area contributed by atoms with E-state index in [4.69, 9.17) is 5.73 Å². The number of carbonyl (C=O) groups excluding carboxylic acids is 1. The minimum Gasteiger partial charge on any atom is -0.343 e. The third-order valence-corrected chi connectivity index (χ3v) is 4.16. The maximum Gasteiger partial charge on any atom is 0.222 e. The lowest BCUT2D eigenvalue weighted by atomic mass is 10.0. The molecule has 3 N–H and O–H groups in total. The molecule has 1 rings (SSSR count). The molecule has 1 aliphatic rings. The van der Waals surface area contributed by atoms with E-state index in [2.05, 4.69) is 12.2 Å². The highest BCUT2D eigenvalue weighted by Gasteiger charge is 2.21. The average molecular weight is 283 g/mol. The van der Waals surface area contributed by atoms with Gasteiger partial charge in [-0.15, -0.1) is 0 Å². The summed E-state index contributed by atoms with van der Waals surface area (Å²) in [6.07, 6.45) is 9.90. The molecule has 20 heavy (non-hydrogen) atoms. The lowest BCUT2D eigenvalue weighted by Gasteiger charge is -2.32. The highest BCUT2D eigenvalue weighted by molar-refractivity contribution is 5.76. The van der Waals surface area contributed by atoms with E-state index in [9.17, 15) is 4.79 Å². The Bertz CT molecular complexity index is 250. The first-order valence-electron chi connectivity index (χ1n) is 8.49. The molecule has 0 radical (unpaired) electrons. The molecular weight excluding hydrogens is 250 g/mol. The Balaban J connectivity index is 2.07. The number of likely N-dealkylation sites (tertiary alicyclic amines) is 1. The zero-order chi connectivity index (χ0) is 14.6. The van der Waals surface area contributed by atoms with Crippen molar-refractivity contribution < 1.29 is 4.79 Å². The summed E-state index contributed by atoms with van der Waals surface area (Å²) < 4.78 is 0. The Hall–Kier alpha value is -0.610. The van der Waals surface area contributed by atoms with Gasteiger partial charge in [-0.25, -0.2) is 0 Å². The highest BCUT2D eigenvalue weighted by Crippen LogP contribution is 2.13. The van der Waals surface area contributed by atoms with E-state index in [0.717, 1.165) is 58.3 Å². The van der Waals surface area contributed by atoms with Gasteiger partial charge in [-0.3, -0.25) is 4.79 Å². The first-order valence-corrected chi connectivity index (χ1v) is 8.49. The molecule has 0 unspecified atom stereocenters. The molecule has 0 saturated carbocycles. The number of rotatable bonds is 10. The second-order valence-electron chi connectivity index (χ2n) is 5.92. The van der Waals surface area contributed by atoms with Crippen LogP contribution < -0.4 is 11.1 Å². The van der Waals surface area contributed by atoms with Crippen LogP contribution in [0.4, 0.5) is 0 Å². The van der Waals surface area contributed by atoms with Crippen molar-refractivity contribution in [2.75, 3.05) is 26.2 Å². The Morgan fingerprint density at radius 2 is 1.90 bits per heavy atom. The summed E-state index contributed by atoms with van der Waals surface area (Å²) in [6, 6.07) is 0.619. The van der Waals surface area contributed by atoms with Gasteiger partial charge in [-0.1, -0.05) is 26.2 Å². The van der Waals surface area contributed by atoms with Crippen molar-refractivity contribution in [2.24, 2.45) is 5.73 Å². The van der Waals surface area contributed by atoms with Gasteiger partial charge in [-0.05, 0) is 45.2 Å². The molecule has 118 valence electrons. The third-order valence-electron chi connectivity index (χ3n) is 4.16. The predicted molar refractivity (Wildman–Crippen MR) is 84.7 cm³/mol. The summed E-state index contributed by atoms with van der Waals surface area (Å²) in [5, 5.41) is 3.62. The summed E-state index contributed by atoms with van der Waals surface area (Å²) >= 11 is 0. The number of carbonyl (C=O) groups is 1. The molecular formula is C16H33N3O. The minimum absolute atomic E-state index is 0.339. The molecule has 0 aliphatic carbocycles. The number of hydrogen-bond acceptors (Lipinski definition) is 3. The van der Waals surface area contributed by atoms with Gasteiger partial charge in [0, 0.05) is 25.6 Å². The van der Waals surface area contributed by atoms with Gasteiger partial charge in [0.25, 0.3) is 0 Å². The van der Waals surface area contributed by atoms with Crippen molar-refractivity contribution in [1.82, 2.24) is 10.2 Å². The maximum atomic E-state index is 12.0. The van der Waals surface area contributed by atoms with Crippen LogP contribution >= 0.6 is 0 Å². The van der Waals surface area contributed by atoms with Crippen molar-refractivity contribution in [2.45, 2.75) is 70.8 Å². The van der Waals surface area contributed by atoms with Crippen LogP contribution in [0, 0.1) is 0 Å². The molecule has 0 aromatic rings. The largest absolute Gasteiger partial charge is 0.343 e. The molecule has 0 aromatic carbocycles. The monoisotopic (exact) mass is 283 g/mol. The van der Waals surface area contributed by atoms with Gasteiger partial charge >= 0.3 is 0 Å². The van der Waals surface area contributed by atoms with Crippen LogP contribution in [0.15, 0.2) is 0 Å². The van der Waals surface area contributed by atoms with Crippen LogP contribution in [-0.4, -0.2) is 43.0 Å². The minimum atomic E-state index is 0.339. The van der Waals surface area contributed by atoms with E-state index >= 15 is 0 Å². The Morgan fingerprint density at radius 1 is 1.15 bits per heavy atom. The van der Waals surface area contributed by atoms with Crippen molar-refractivity contribution in [3.63, 3.8) is 0 Å². The van der Waals surface area contributed by atoms with Crippen LogP contribution in [-0.2, 0) is 4.79 Å². The van der Waals surface area contributed by atoms with Crippen molar-refractivity contribution in [3.05, 3.63) is 0 Å². The van der Waals surface area contributed by atoms with Gasteiger partial charge < -0.3 is 16.0 Å². The lowest BCUT2D eigenvalue weighted by molar-refractivity contribution is -0.132. The van der Waals surface area contributed by atoms with Gasteiger partial charge in [0.05, 0.1) is 0 Å². The van der Waals surface area contributed by atoms with Crippen molar-refractivity contribution in [3.8, 4) is 0 Å². The molecule has 1 amide bonds. The number of nitrogens with one attached hydrogen (secondary N) is 1. The Morgan fingerprint density at radius 3 is 2.55 bits per heavy atom. The molecule has 1 saturated heterocycles. The van der Waals surface area contributed by atoms with Crippen LogP contribution in [0.2, 0.25) is 0 Å². The predicted octanol–water partition coefficient (Wildman–Crippen LogP) is 2.28. The van der Waals surface area contributed by atoms with Crippen molar-refractivity contribution >= 4 is 5.91 Å². The summed E-state index contributed by atoms with van der Waals surface area (Å²) in [5.74, 6) is 0.339. The topological polar surface area (TPSA) is 58.4 Å². The van der Waals surface area contributed by atoms with Crippen LogP contribution in [0.5, 0.6) is 0 Å². The third kappa shape index (κ3) is 7.25. The van der Waals surface area contributed by atoms with Crippen molar-refractivity contribution in [1.29, 1.82) is 0 Å². The molecule has 1 aliphatic heterocycles. The zero-order valence-electron chi connectivity index (χ0n) is 13.2. The number of amides is 1. The number of piperidine rings is 1. The first kappa shape index (κ1) is 17.4. The molecule has 0 spiro atoms. The molecule has 0 aromatic heterocycles. The fourth-order valence-electron chi connectivity index (χ4n) is 2.77. The summed E-state index contributed by atoms with van der Waals surface area (Å²) in [7, 11) is 0. The highest BCUT2D eigenvalue weighted by atomic mass is 16.2. The normalized spacial score (nSPS) is 16.6. The fourth-order valence-corrected chi connectivity index (χ4v) is 2.77. The van der Waals surface area contributed by atoms with Gasteiger partial charge in [0.1, 0.15) is 0 Å². The van der Waals surface area contributed by atoms with E-state index in [1.807, 2.05) is 4.90 Å². The van der Waals surface area contributed by atoms with E-state index in [1.165, 1.54) is 19.3 Å². The summed E-state index contributed by atoms with van der Waals surface area (Å²) in [5.41, 5.74) is 5.46. The van der Waals surface area contributed by atoms with Gasteiger partial charge in [0.2, 0.25) is 5.91 Å². The molecule has 4 heteroatoms. The fraction of sp³-hybridized carbons (Fsp3) is 0.938. The second-order valence-corrected chi connectivity index (χ2v) is 5.92. The first-order chi connectivity index (χ1) is 9.77. The molecule has 1 fully saturated rings. The molecule has 0 bridgehead atoms. The molecule has 4 nitrogen and oxygen atoms in total. The van der Waals surface area contributed by atoms with E-state index in [0.29, 0.717) is 18.4 Å².